The van der Waals surface area contributed by atoms with Gasteiger partial charge in [0.2, 0.25) is 0 Å². The number of aromatic carboxylic acids is 1. The topological polar surface area (TPSA) is 110 Å². The molecule has 0 spiro atoms. The number of aromatic nitrogens is 2. The van der Waals surface area contributed by atoms with E-state index in [0.29, 0.717) is 18.8 Å². The molecular formula is C12H12N4O4. The van der Waals surface area contributed by atoms with Crippen LogP contribution < -0.4 is 5.32 Å². The molecule has 8 heteroatoms. The van der Waals surface area contributed by atoms with Crippen molar-refractivity contribution in [3.63, 3.8) is 0 Å². The van der Waals surface area contributed by atoms with Crippen molar-refractivity contribution in [3.05, 3.63) is 52.6 Å². The molecule has 0 bridgehead atoms. The van der Waals surface area contributed by atoms with Gasteiger partial charge in [-0.15, -0.1) is 0 Å². The molecule has 8 nitrogen and oxygen atoms in total. The lowest BCUT2D eigenvalue weighted by atomic mass is 10.1. The van der Waals surface area contributed by atoms with Crippen LogP contribution in [0.15, 0.2) is 36.9 Å². The highest BCUT2D eigenvalue weighted by Crippen LogP contribution is 2.25. The Morgan fingerprint density at radius 1 is 1.50 bits per heavy atom. The first kappa shape index (κ1) is 13.5. The molecule has 1 heterocycles. The molecule has 0 aliphatic rings. The number of nitrogens with one attached hydrogen (secondary N) is 1. The Morgan fingerprint density at radius 2 is 2.30 bits per heavy atom. The third-order valence-corrected chi connectivity index (χ3v) is 2.69. The molecule has 1 aromatic carbocycles. The van der Waals surface area contributed by atoms with E-state index in [9.17, 15) is 14.9 Å². The van der Waals surface area contributed by atoms with Crippen molar-refractivity contribution in [3.8, 4) is 0 Å². The van der Waals surface area contributed by atoms with Crippen molar-refractivity contribution >= 4 is 17.3 Å². The molecule has 20 heavy (non-hydrogen) atoms. The summed E-state index contributed by atoms with van der Waals surface area (Å²) in [6.07, 6.45) is 5.07. The number of hydrogen-bond acceptors (Lipinski definition) is 5. The maximum Gasteiger partial charge on any atom is 0.335 e. The number of benzene rings is 1. The summed E-state index contributed by atoms with van der Waals surface area (Å²) in [5, 5.41) is 22.7. The predicted molar refractivity (Wildman–Crippen MR) is 70.8 cm³/mol. The largest absolute Gasteiger partial charge is 0.478 e. The number of hydrogen-bond donors (Lipinski definition) is 2. The van der Waals surface area contributed by atoms with Crippen LogP contribution in [0.3, 0.4) is 0 Å². The van der Waals surface area contributed by atoms with Gasteiger partial charge in [0.25, 0.3) is 5.69 Å². The maximum absolute atomic E-state index is 10.9. The molecule has 0 fully saturated rings. The SMILES string of the molecule is O=C(O)c1ccc(NCCn2ccnc2)c([N+](=O)[O-])c1. The van der Waals surface area contributed by atoms with Crippen molar-refractivity contribution in [2.24, 2.45) is 0 Å². The second-order valence-corrected chi connectivity index (χ2v) is 4.02. The standard InChI is InChI=1S/C12H12N4O4/c17-12(18)9-1-2-10(11(7-9)16(19)20)14-4-6-15-5-3-13-8-15/h1-3,5,7-8,14H,4,6H2,(H,17,18). The van der Waals surface area contributed by atoms with Crippen molar-refractivity contribution in [1.82, 2.24) is 9.55 Å². The smallest absolute Gasteiger partial charge is 0.335 e. The molecule has 2 aromatic rings. The van der Waals surface area contributed by atoms with E-state index in [-0.39, 0.29) is 11.3 Å². The zero-order chi connectivity index (χ0) is 14.5. The molecule has 0 unspecified atom stereocenters. The van der Waals surface area contributed by atoms with Crippen LogP contribution in [0.25, 0.3) is 0 Å². The number of rotatable bonds is 6. The minimum Gasteiger partial charge on any atom is -0.478 e. The number of anilines is 1. The van der Waals surface area contributed by atoms with Gasteiger partial charge >= 0.3 is 5.97 Å². The average Bonchev–Trinajstić information content (AvgIpc) is 2.91. The fourth-order valence-corrected chi connectivity index (χ4v) is 1.70. The van der Waals surface area contributed by atoms with Crippen molar-refractivity contribution in [2.75, 3.05) is 11.9 Å². The van der Waals surface area contributed by atoms with Crippen molar-refractivity contribution in [2.45, 2.75) is 6.54 Å². The van der Waals surface area contributed by atoms with E-state index < -0.39 is 10.9 Å². The van der Waals surface area contributed by atoms with Gasteiger partial charge in [0.1, 0.15) is 5.69 Å². The van der Waals surface area contributed by atoms with E-state index in [1.165, 1.54) is 12.1 Å². The first-order chi connectivity index (χ1) is 9.58. The number of carbonyl (C=O) groups is 1. The summed E-state index contributed by atoms with van der Waals surface area (Å²) in [4.78, 5) is 25.0. The van der Waals surface area contributed by atoms with Crippen LogP contribution >= 0.6 is 0 Å². The van der Waals surface area contributed by atoms with Gasteiger partial charge < -0.3 is 15.0 Å². The normalized spacial score (nSPS) is 10.2. The molecule has 0 saturated heterocycles. The number of carboxylic acids is 1. The van der Waals surface area contributed by atoms with E-state index in [4.69, 9.17) is 5.11 Å². The molecule has 2 rings (SSSR count). The van der Waals surface area contributed by atoms with E-state index in [0.717, 1.165) is 6.07 Å². The van der Waals surface area contributed by atoms with E-state index in [1.54, 1.807) is 18.7 Å². The number of imidazole rings is 1. The van der Waals surface area contributed by atoms with Gasteiger partial charge in [-0.05, 0) is 12.1 Å². The van der Waals surface area contributed by atoms with Crippen LogP contribution in [0.5, 0.6) is 0 Å². The van der Waals surface area contributed by atoms with Gasteiger partial charge in [-0.3, -0.25) is 10.1 Å². The Kier molecular flexibility index (Phi) is 3.94. The molecule has 104 valence electrons. The highest BCUT2D eigenvalue weighted by molar-refractivity contribution is 5.89. The van der Waals surface area contributed by atoms with Crippen LogP contribution in [0.4, 0.5) is 11.4 Å². The summed E-state index contributed by atoms with van der Waals surface area (Å²) in [7, 11) is 0. The Labute approximate surface area is 113 Å². The summed E-state index contributed by atoms with van der Waals surface area (Å²) in [5.41, 5.74) is -0.0764. The highest BCUT2D eigenvalue weighted by atomic mass is 16.6. The Balaban J connectivity index is 2.10. The van der Waals surface area contributed by atoms with Crippen LogP contribution in [-0.4, -0.2) is 32.1 Å². The molecule has 0 aliphatic carbocycles. The lowest BCUT2D eigenvalue weighted by Crippen LogP contribution is -2.11. The molecule has 0 amide bonds. The second kappa shape index (κ2) is 5.83. The fraction of sp³-hybridized carbons (Fsp3) is 0.167. The van der Waals surface area contributed by atoms with Gasteiger partial charge in [0.05, 0.1) is 16.8 Å². The summed E-state index contributed by atoms with van der Waals surface area (Å²) in [6.45, 7) is 1.06. The zero-order valence-corrected chi connectivity index (χ0v) is 10.4. The summed E-state index contributed by atoms with van der Waals surface area (Å²) >= 11 is 0. The predicted octanol–water partition coefficient (Wildman–Crippen LogP) is 1.60. The van der Waals surface area contributed by atoms with Gasteiger partial charge in [-0.25, -0.2) is 9.78 Å². The quantitative estimate of drug-likeness (QED) is 0.612. The monoisotopic (exact) mass is 276 g/mol. The van der Waals surface area contributed by atoms with Crippen molar-refractivity contribution in [1.29, 1.82) is 0 Å². The number of nitrogens with zero attached hydrogens (tertiary/aromatic N) is 3. The van der Waals surface area contributed by atoms with Crippen LogP contribution in [0.2, 0.25) is 0 Å². The minimum atomic E-state index is -1.20. The zero-order valence-electron chi connectivity index (χ0n) is 10.4. The Morgan fingerprint density at radius 3 is 2.90 bits per heavy atom. The number of nitro benzene ring substituents is 1. The van der Waals surface area contributed by atoms with Crippen LogP contribution in [0.1, 0.15) is 10.4 Å². The summed E-state index contributed by atoms with van der Waals surface area (Å²) in [5.74, 6) is -1.20. The van der Waals surface area contributed by atoms with E-state index in [2.05, 4.69) is 10.3 Å². The molecule has 1 aromatic heterocycles. The Bertz CT molecular complexity index is 624. The van der Waals surface area contributed by atoms with E-state index >= 15 is 0 Å². The molecule has 0 atom stereocenters. The third-order valence-electron chi connectivity index (χ3n) is 2.69. The molecule has 2 N–H and O–H groups in total. The van der Waals surface area contributed by atoms with Crippen LogP contribution in [-0.2, 0) is 6.54 Å². The lowest BCUT2D eigenvalue weighted by Gasteiger charge is -2.08. The molecular weight excluding hydrogens is 264 g/mol. The first-order valence-corrected chi connectivity index (χ1v) is 5.79. The average molecular weight is 276 g/mol. The van der Waals surface area contributed by atoms with Crippen LogP contribution in [0, 0.1) is 10.1 Å². The molecule has 0 radical (unpaired) electrons. The third kappa shape index (κ3) is 3.10. The lowest BCUT2D eigenvalue weighted by molar-refractivity contribution is -0.384. The minimum absolute atomic E-state index is 0.114. The fourth-order valence-electron chi connectivity index (χ4n) is 1.70. The maximum atomic E-state index is 10.9. The summed E-state index contributed by atoms with van der Waals surface area (Å²) < 4.78 is 1.82. The second-order valence-electron chi connectivity index (χ2n) is 4.02. The number of nitro groups is 1. The first-order valence-electron chi connectivity index (χ1n) is 5.79. The van der Waals surface area contributed by atoms with E-state index in [1.807, 2.05) is 4.57 Å². The Hall–Kier alpha value is -2.90. The number of carboxylic acid groups (broad SMARTS) is 1. The van der Waals surface area contributed by atoms with Gasteiger partial charge in [-0.1, -0.05) is 0 Å². The van der Waals surface area contributed by atoms with Gasteiger partial charge in [0, 0.05) is 31.5 Å². The summed E-state index contributed by atoms with van der Waals surface area (Å²) in [6, 6.07) is 3.77. The molecule has 0 saturated carbocycles. The highest BCUT2D eigenvalue weighted by Gasteiger charge is 2.16. The van der Waals surface area contributed by atoms with Gasteiger partial charge in [0.15, 0.2) is 0 Å². The van der Waals surface area contributed by atoms with Gasteiger partial charge in [-0.2, -0.15) is 0 Å². The molecule has 0 aliphatic heterocycles. The van der Waals surface area contributed by atoms with Crippen molar-refractivity contribution < 1.29 is 14.8 Å².